The summed E-state index contributed by atoms with van der Waals surface area (Å²) < 4.78 is 11.2. The molecule has 2 N–H and O–H groups in total. The fourth-order valence-electron chi connectivity index (χ4n) is 6.08. The second-order valence-electron chi connectivity index (χ2n) is 10.5. The Balaban J connectivity index is 0.971. The van der Waals surface area contributed by atoms with Gasteiger partial charge in [-0.1, -0.05) is 6.07 Å². The first-order chi connectivity index (χ1) is 16.2. The van der Waals surface area contributed by atoms with Crippen molar-refractivity contribution in [2.24, 2.45) is 17.8 Å². The van der Waals surface area contributed by atoms with Crippen LogP contribution in [0.2, 0.25) is 0 Å². The molecule has 7 heteroatoms. The van der Waals surface area contributed by atoms with Crippen LogP contribution >= 0.6 is 0 Å². The average molecular weight is 458 g/mol. The van der Waals surface area contributed by atoms with E-state index < -0.39 is 0 Å². The van der Waals surface area contributed by atoms with Crippen LogP contribution in [0.5, 0.6) is 11.5 Å². The van der Waals surface area contributed by atoms with Crippen molar-refractivity contribution < 1.29 is 19.4 Å². The molecule has 33 heavy (non-hydrogen) atoms. The fourth-order valence-corrected chi connectivity index (χ4v) is 6.08. The number of anilines is 1. The number of piperazine rings is 1. The predicted molar refractivity (Wildman–Crippen MR) is 128 cm³/mol. The van der Waals surface area contributed by atoms with Gasteiger partial charge in [-0.05, 0) is 81.4 Å². The number of ether oxygens (including phenoxy) is 2. The van der Waals surface area contributed by atoms with Crippen molar-refractivity contribution >= 4 is 11.6 Å². The van der Waals surface area contributed by atoms with E-state index in [4.69, 9.17) is 14.6 Å². The molecule has 0 spiro atoms. The smallest absolute Gasteiger partial charge is 0.231 e. The van der Waals surface area contributed by atoms with E-state index in [2.05, 4.69) is 21.2 Å². The lowest BCUT2D eigenvalue weighted by Gasteiger charge is -2.37. The third kappa shape index (κ3) is 5.57. The van der Waals surface area contributed by atoms with E-state index in [1.807, 2.05) is 12.1 Å². The van der Waals surface area contributed by atoms with Crippen molar-refractivity contribution in [3.05, 3.63) is 18.2 Å². The van der Waals surface area contributed by atoms with E-state index in [0.29, 0.717) is 31.1 Å². The van der Waals surface area contributed by atoms with Gasteiger partial charge in [0.25, 0.3) is 0 Å². The number of nitrogens with zero attached hydrogens (tertiary/aromatic N) is 2. The first-order valence-corrected chi connectivity index (χ1v) is 12.9. The van der Waals surface area contributed by atoms with Crippen molar-refractivity contribution in [3.8, 4) is 11.5 Å². The number of hydrogen-bond acceptors (Lipinski definition) is 6. The van der Waals surface area contributed by atoms with Crippen LogP contribution in [0, 0.1) is 17.8 Å². The first kappa shape index (κ1) is 22.8. The van der Waals surface area contributed by atoms with E-state index in [9.17, 15) is 4.79 Å². The van der Waals surface area contributed by atoms with Crippen molar-refractivity contribution in [1.82, 2.24) is 10.2 Å². The molecule has 2 aliphatic carbocycles. The SMILES string of the molecule is O=C(C[C@H]1C[C@H](CO)C1)N[C@H]1CC[C@H](CCN2CCN(c3cccc4c3OCO4)CC2)CC1. The molecule has 5 rings (SSSR count). The van der Waals surface area contributed by atoms with E-state index in [1.165, 1.54) is 25.8 Å². The summed E-state index contributed by atoms with van der Waals surface area (Å²) in [6.45, 7) is 6.01. The van der Waals surface area contributed by atoms with Gasteiger partial charge in [0.05, 0.1) is 5.69 Å². The van der Waals surface area contributed by atoms with Crippen molar-refractivity contribution in [2.75, 3.05) is 51.0 Å². The zero-order chi connectivity index (χ0) is 22.6. The number of hydrogen-bond donors (Lipinski definition) is 2. The summed E-state index contributed by atoms with van der Waals surface area (Å²) in [6, 6.07) is 6.53. The zero-order valence-corrected chi connectivity index (χ0v) is 19.7. The van der Waals surface area contributed by atoms with E-state index >= 15 is 0 Å². The highest BCUT2D eigenvalue weighted by Crippen LogP contribution is 2.41. The molecule has 1 aromatic rings. The van der Waals surface area contributed by atoms with Crippen molar-refractivity contribution in [2.45, 2.75) is 57.4 Å². The minimum Gasteiger partial charge on any atom is -0.454 e. The molecule has 1 saturated heterocycles. The summed E-state index contributed by atoms with van der Waals surface area (Å²) in [4.78, 5) is 17.3. The highest BCUT2D eigenvalue weighted by Gasteiger charge is 2.31. The number of para-hydroxylation sites is 1. The fraction of sp³-hybridized carbons (Fsp3) is 0.731. The van der Waals surface area contributed by atoms with Gasteiger partial charge in [0.15, 0.2) is 11.5 Å². The Labute approximate surface area is 197 Å². The maximum atomic E-state index is 12.3. The summed E-state index contributed by atoms with van der Waals surface area (Å²) >= 11 is 0. The summed E-state index contributed by atoms with van der Waals surface area (Å²) in [5.74, 6) is 3.69. The van der Waals surface area contributed by atoms with Crippen molar-refractivity contribution in [1.29, 1.82) is 0 Å². The van der Waals surface area contributed by atoms with E-state index in [-0.39, 0.29) is 12.5 Å². The number of nitrogens with one attached hydrogen (secondary N) is 1. The monoisotopic (exact) mass is 457 g/mol. The Kier molecular flexibility index (Phi) is 7.26. The first-order valence-electron chi connectivity index (χ1n) is 12.9. The van der Waals surface area contributed by atoms with Gasteiger partial charge >= 0.3 is 0 Å². The molecule has 0 radical (unpaired) electrons. The maximum Gasteiger partial charge on any atom is 0.231 e. The number of aliphatic hydroxyl groups excluding tert-OH is 1. The molecular weight excluding hydrogens is 418 g/mol. The minimum atomic E-state index is 0.221. The Morgan fingerprint density at radius 3 is 2.55 bits per heavy atom. The van der Waals surface area contributed by atoms with E-state index in [1.54, 1.807) is 0 Å². The Morgan fingerprint density at radius 2 is 1.79 bits per heavy atom. The number of benzene rings is 1. The lowest BCUT2D eigenvalue weighted by Crippen LogP contribution is -2.47. The highest BCUT2D eigenvalue weighted by atomic mass is 16.7. The molecule has 0 atom stereocenters. The molecule has 3 fully saturated rings. The molecule has 1 aromatic carbocycles. The van der Waals surface area contributed by atoms with Gasteiger partial charge in [0.2, 0.25) is 12.7 Å². The van der Waals surface area contributed by atoms with Crippen LogP contribution < -0.4 is 19.7 Å². The summed E-state index contributed by atoms with van der Waals surface area (Å²) in [5, 5.41) is 12.4. The van der Waals surface area contributed by atoms with Gasteiger partial charge in [-0.2, -0.15) is 0 Å². The molecule has 0 bridgehead atoms. The van der Waals surface area contributed by atoms with Gasteiger partial charge in [0.1, 0.15) is 0 Å². The van der Waals surface area contributed by atoms with Crippen LogP contribution in [0.25, 0.3) is 0 Å². The molecule has 7 nitrogen and oxygen atoms in total. The molecular formula is C26H39N3O4. The molecule has 2 heterocycles. The van der Waals surface area contributed by atoms with Crippen LogP contribution in [-0.2, 0) is 4.79 Å². The lowest BCUT2D eigenvalue weighted by atomic mass is 9.73. The Hall–Kier alpha value is -1.99. The third-order valence-electron chi connectivity index (χ3n) is 8.22. The summed E-state index contributed by atoms with van der Waals surface area (Å²) in [6.07, 6.45) is 8.64. The number of rotatable bonds is 8. The highest BCUT2D eigenvalue weighted by molar-refractivity contribution is 5.76. The number of aliphatic hydroxyl groups is 1. The second-order valence-corrected chi connectivity index (χ2v) is 10.5. The Morgan fingerprint density at radius 1 is 1.00 bits per heavy atom. The lowest BCUT2D eigenvalue weighted by molar-refractivity contribution is -0.124. The van der Waals surface area contributed by atoms with Gasteiger partial charge in [-0.25, -0.2) is 0 Å². The molecule has 182 valence electrons. The standard InChI is InChI=1S/C26H39N3O4/c30-17-21-14-20(15-21)16-25(31)27-22-6-4-19(5-7-22)8-9-28-10-12-29(13-11-28)23-2-1-3-24-26(23)33-18-32-24/h1-3,19-22,30H,4-18H2,(H,27,31)/t19-,20-,21-,22-. The van der Waals surface area contributed by atoms with Crippen LogP contribution in [0.3, 0.4) is 0 Å². The molecule has 2 aliphatic heterocycles. The largest absolute Gasteiger partial charge is 0.454 e. The second kappa shape index (κ2) is 10.5. The van der Waals surface area contributed by atoms with Gasteiger partial charge in [-0.15, -0.1) is 0 Å². The molecule has 2 saturated carbocycles. The molecule has 0 unspecified atom stereocenters. The topological polar surface area (TPSA) is 74.3 Å². The predicted octanol–water partition coefficient (Wildman–Crippen LogP) is 3.01. The van der Waals surface area contributed by atoms with Crippen LogP contribution in [-0.4, -0.2) is 68.1 Å². The number of amides is 1. The maximum absolute atomic E-state index is 12.3. The molecule has 4 aliphatic rings. The van der Waals surface area contributed by atoms with Gasteiger partial charge in [-0.3, -0.25) is 9.69 Å². The number of carbonyl (C=O) groups is 1. The minimum absolute atomic E-state index is 0.221. The van der Waals surface area contributed by atoms with Crippen LogP contribution in [0.15, 0.2) is 18.2 Å². The van der Waals surface area contributed by atoms with Crippen LogP contribution in [0.4, 0.5) is 5.69 Å². The average Bonchev–Trinajstić information content (AvgIpc) is 3.30. The summed E-state index contributed by atoms with van der Waals surface area (Å²) in [7, 11) is 0. The number of fused-ring (bicyclic) bond motifs is 1. The van der Waals surface area contributed by atoms with Crippen LogP contribution in [0.1, 0.15) is 51.4 Å². The number of carbonyl (C=O) groups excluding carboxylic acids is 1. The summed E-state index contributed by atoms with van der Waals surface area (Å²) in [5.41, 5.74) is 1.16. The van der Waals surface area contributed by atoms with Gasteiger partial charge < -0.3 is 24.8 Å². The zero-order valence-electron chi connectivity index (χ0n) is 19.7. The Bertz CT molecular complexity index is 797. The van der Waals surface area contributed by atoms with Crippen molar-refractivity contribution in [3.63, 3.8) is 0 Å². The quantitative estimate of drug-likeness (QED) is 0.625. The molecule has 1 amide bonds. The van der Waals surface area contributed by atoms with Gasteiger partial charge in [0, 0.05) is 45.2 Å². The van der Waals surface area contributed by atoms with E-state index in [0.717, 1.165) is 75.0 Å². The normalized spacial score (nSPS) is 29.5. The third-order valence-corrected chi connectivity index (χ3v) is 8.22. The molecule has 0 aromatic heterocycles.